The molecule has 0 saturated heterocycles. The van der Waals surface area contributed by atoms with Crippen molar-refractivity contribution in [1.29, 1.82) is 0 Å². The van der Waals surface area contributed by atoms with Gasteiger partial charge in [0, 0.05) is 12.6 Å². The van der Waals surface area contributed by atoms with Crippen molar-refractivity contribution in [1.82, 2.24) is 5.32 Å². The van der Waals surface area contributed by atoms with E-state index in [9.17, 15) is 4.79 Å². The van der Waals surface area contributed by atoms with Crippen molar-refractivity contribution in [3.8, 4) is 0 Å². The Morgan fingerprint density at radius 1 is 1.60 bits per heavy atom. The SMILES string of the molecule is [2H]c1c([2H])c(C2NC(S)=NC(N)=C2[N+]#[C-])c([2H])c([2H])c1NC(C)=O. The van der Waals surface area contributed by atoms with Gasteiger partial charge >= 0.3 is 0 Å². The molecular formula is C13H13N5OS. The first-order valence-electron chi connectivity index (χ1n) is 7.48. The van der Waals surface area contributed by atoms with Crippen molar-refractivity contribution in [2.24, 2.45) is 10.7 Å². The summed E-state index contributed by atoms with van der Waals surface area (Å²) < 4.78 is 32.3. The third-order valence-electron chi connectivity index (χ3n) is 2.39. The molecule has 0 saturated carbocycles. The fraction of sp³-hybridized carbons (Fsp3) is 0.154. The second-order valence-electron chi connectivity index (χ2n) is 3.86. The molecule has 0 bridgehead atoms. The largest absolute Gasteiger partial charge is 0.393 e. The second kappa shape index (κ2) is 5.67. The summed E-state index contributed by atoms with van der Waals surface area (Å²) in [5, 5.41) is 5.10. The first-order chi connectivity index (χ1) is 11.2. The lowest BCUT2D eigenvalue weighted by atomic mass is 10.0. The number of amides is 1. The van der Waals surface area contributed by atoms with Crippen molar-refractivity contribution < 1.29 is 10.3 Å². The van der Waals surface area contributed by atoms with Crippen LogP contribution in [0.5, 0.6) is 0 Å². The molecule has 6 nitrogen and oxygen atoms in total. The molecule has 0 aliphatic carbocycles. The normalized spacial score (nSPS) is 20.6. The lowest BCUT2D eigenvalue weighted by Crippen LogP contribution is -2.31. The van der Waals surface area contributed by atoms with Gasteiger partial charge in [0.25, 0.3) is 0 Å². The number of anilines is 1. The van der Waals surface area contributed by atoms with Crippen molar-refractivity contribution in [2.75, 3.05) is 5.32 Å². The highest BCUT2D eigenvalue weighted by molar-refractivity contribution is 7.96. The minimum Gasteiger partial charge on any atom is -0.393 e. The minimum atomic E-state index is -1.02. The Bertz CT molecular complexity index is 817. The fourth-order valence-corrected chi connectivity index (χ4v) is 1.82. The number of benzene rings is 1. The summed E-state index contributed by atoms with van der Waals surface area (Å²) in [6, 6.07) is -2.65. The zero-order valence-corrected chi connectivity index (χ0v) is 11.3. The zero-order chi connectivity index (χ0) is 18.2. The molecule has 1 amide bonds. The Morgan fingerprint density at radius 2 is 2.25 bits per heavy atom. The van der Waals surface area contributed by atoms with Gasteiger partial charge in [-0.25, -0.2) is 9.84 Å². The van der Waals surface area contributed by atoms with Gasteiger partial charge in [-0.3, -0.25) is 4.79 Å². The van der Waals surface area contributed by atoms with Gasteiger partial charge in [-0.2, -0.15) is 0 Å². The number of amidine groups is 1. The fourth-order valence-electron chi connectivity index (χ4n) is 1.58. The Kier molecular flexibility index (Phi) is 2.68. The van der Waals surface area contributed by atoms with E-state index in [0.717, 1.165) is 0 Å². The van der Waals surface area contributed by atoms with E-state index in [-0.39, 0.29) is 27.9 Å². The zero-order valence-electron chi connectivity index (χ0n) is 14.4. The number of carbonyl (C=O) groups excluding carboxylic acids is 1. The first kappa shape index (κ1) is 9.44. The molecule has 0 aromatic heterocycles. The summed E-state index contributed by atoms with van der Waals surface area (Å²) in [4.78, 5) is 18.3. The summed E-state index contributed by atoms with van der Waals surface area (Å²) in [6.45, 7) is 8.44. The van der Waals surface area contributed by atoms with E-state index in [1.165, 1.54) is 6.92 Å². The minimum absolute atomic E-state index is 0.0547. The Balaban J connectivity index is 2.71. The van der Waals surface area contributed by atoms with E-state index in [4.69, 9.17) is 17.8 Å². The van der Waals surface area contributed by atoms with E-state index in [2.05, 4.69) is 33.1 Å². The van der Waals surface area contributed by atoms with Gasteiger partial charge in [-0.05, 0) is 17.6 Å². The number of thiol groups is 1. The maximum Gasteiger partial charge on any atom is 0.232 e. The lowest BCUT2D eigenvalue weighted by molar-refractivity contribution is -0.114. The average molecular weight is 291 g/mol. The van der Waals surface area contributed by atoms with Crippen LogP contribution in [-0.4, -0.2) is 11.1 Å². The van der Waals surface area contributed by atoms with Crippen LogP contribution < -0.4 is 16.4 Å². The molecule has 7 heteroatoms. The number of nitrogens with zero attached hydrogens (tertiary/aromatic N) is 2. The number of nitrogens with two attached hydrogens (primary N) is 1. The van der Waals surface area contributed by atoms with Crippen molar-refractivity contribution in [3.05, 3.63) is 52.7 Å². The predicted octanol–water partition coefficient (Wildman–Crippen LogP) is 1.62. The quantitative estimate of drug-likeness (QED) is 0.493. The van der Waals surface area contributed by atoms with Crippen molar-refractivity contribution >= 4 is 29.4 Å². The summed E-state index contributed by atoms with van der Waals surface area (Å²) in [6.07, 6.45) is 0. The number of hydrogen-bond acceptors (Lipinski definition) is 4. The van der Waals surface area contributed by atoms with Gasteiger partial charge in [0.05, 0.1) is 18.1 Å². The molecule has 102 valence electrons. The van der Waals surface area contributed by atoms with Crippen LogP contribution >= 0.6 is 12.6 Å². The third kappa shape index (κ3) is 2.92. The van der Waals surface area contributed by atoms with Crippen LogP contribution in [0, 0.1) is 6.57 Å². The van der Waals surface area contributed by atoms with Crippen LogP contribution in [0.2, 0.25) is 0 Å². The van der Waals surface area contributed by atoms with Gasteiger partial charge in [0.15, 0.2) is 5.17 Å². The Labute approximate surface area is 127 Å². The number of aliphatic imine (C=N–C) groups is 1. The van der Waals surface area contributed by atoms with Crippen LogP contribution in [0.3, 0.4) is 0 Å². The van der Waals surface area contributed by atoms with Gasteiger partial charge < -0.3 is 16.4 Å². The highest BCUT2D eigenvalue weighted by atomic mass is 32.1. The molecule has 1 aliphatic heterocycles. The average Bonchev–Trinajstić information content (AvgIpc) is 2.49. The summed E-state index contributed by atoms with van der Waals surface area (Å²) in [7, 11) is 0. The predicted molar refractivity (Wildman–Crippen MR) is 80.9 cm³/mol. The molecule has 1 aromatic rings. The topological polar surface area (TPSA) is 83.9 Å². The third-order valence-corrected chi connectivity index (χ3v) is 2.62. The van der Waals surface area contributed by atoms with E-state index < -0.39 is 36.1 Å². The van der Waals surface area contributed by atoms with E-state index in [1.807, 2.05) is 0 Å². The smallest absolute Gasteiger partial charge is 0.232 e. The molecule has 0 spiro atoms. The lowest BCUT2D eigenvalue weighted by Gasteiger charge is -2.23. The number of hydrogen-bond donors (Lipinski definition) is 4. The van der Waals surface area contributed by atoms with Crippen LogP contribution in [0.1, 0.15) is 24.0 Å². The standard InChI is InChI=1S/C13H13N5OS/c1-7(19)16-9-5-3-8(4-6-9)10-11(15-2)12(14)18-13(20)17-10/h3-6,10H,14H2,1H3,(H,16,19)(H2,17,18,20)/i3D,4D,5D,6D. The molecule has 1 aromatic carbocycles. The van der Waals surface area contributed by atoms with Gasteiger partial charge in [0.2, 0.25) is 11.6 Å². The van der Waals surface area contributed by atoms with Crippen LogP contribution in [-0.2, 0) is 4.79 Å². The van der Waals surface area contributed by atoms with E-state index in [0.29, 0.717) is 0 Å². The Morgan fingerprint density at radius 3 is 2.80 bits per heavy atom. The van der Waals surface area contributed by atoms with Crippen molar-refractivity contribution in [3.63, 3.8) is 0 Å². The maximum atomic E-state index is 11.2. The number of carbonyl (C=O) groups is 1. The molecular weight excluding hydrogens is 274 g/mol. The highest BCUT2D eigenvalue weighted by Crippen LogP contribution is 2.28. The number of rotatable bonds is 2. The highest BCUT2D eigenvalue weighted by Gasteiger charge is 2.24. The molecule has 20 heavy (non-hydrogen) atoms. The molecule has 0 fully saturated rings. The summed E-state index contributed by atoms with van der Waals surface area (Å²) >= 11 is 4.04. The van der Waals surface area contributed by atoms with Crippen molar-refractivity contribution in [2.45, 2.75) is 13.0 Å². The van der Waals surface area contributed by atoms with Gasteiger partial charge in [-0.15, -0.1) is 12.6 Å². The van der Waals surface area contributed by atoms with Gasteiger partial charge in [-0.1, -0.05) is 12.1 Å². The second-order valence-corrected chi connectivity index (χ2v) is 4.29. The monoisotopic (exact) mass is 291 g/mol. The molecule has 1 atom stereocenters. The molecule has 4 N–H and O–H groups in total. The number of nitrogens with one attached hydrogen (secondary N) is 2. The van der Waals surface area contributed by atoms with E-state index >= 15 is 0 Å². The van der Waals surface area contributed by atoms with E-state index in [1.54, 1.807) is 0 Å². The molecule has 1 unspecified atom stereocenters. The van der Waals surface area contributed by atoms with Crippen LogP contribution in [0.4, 0.5) is 5.69 Å². The van der Waals surface area contributed by atoms with Gasteiger partial charge in [0.1, 0.15) is 5.82 Å². The molecule has 0 radical (unpaired) electrons. The van der Waals surface area contributed by atoms with Crippen LogP contribution in [0.25, 0.3) is 4.85 Å². The maximum absolute atomic E-state index is 11.2. The first-order valence-corrected chi connectivity index (χ1v) is 5.92. The molecule has 2 rings (SSSR count). The van der Waals surface area contributed by atoms with Crippen LogP contribution in [0.15, 0.2) is 40.7 Å². The summed E-state index contributed by atoms with van der Waals surface area (Å²) in [5.74, 6) is -0.628. The summed E-state index contributed by atoms with van der Waals surface area (Å²) in [5.41, 5.74) is 5.34. The molecule has 1 aliphatic rings. The molecule has 1 heterocycles. The Hall–Kier alpha value is -2.46.